The third-order valence-electron chi connectivity index (χ3n) is 3.34. The Labute approximate surface area is 110 Å². The van der Waals surface area contributed by atoms with Gasteiger partial charge in [0.2, 0.25) is 0 Å². The van der Waals surface area contributed by atoms with E-state index in [1.54, 1.807) is 0 Å². The fourth-order valence-electron chi connectivity index (χ4n) is 2.43. The number of nitrogens with one attached hydrogen (secondary N) is 1. The molecule has 1 aliphatic rings. The Morgan fingerprint density at radius 2 is 1.94 bits per heavy atom. The Bertz CT molecular complexity index is 304. The van der Waals surface area contributed by atoms with Crippen LogP contribution < -0.4 is 5.32 Å². The van der Waals surface area contributed by atoms with Crippen LogP contribution in [0, 0.1) is 0 Å². The molecular weight excluding hydrogens is 254 g/mol. The minimum Gasteiger partial charge on any atom is -0.312 e. The maximum Gasteiger partial charge on any atom is 0.151 e. The van der Waals surface area contributed by atoms with Gasteiger partial charge in [0.15, 0.2) is 9.84 Å². The van der Waals surface area contributed by atoms with Crippen LogP contribution in [0.5, 0.6) is 0 Å². The second kappa shape index (κ2) is 7.64. The summed E-state index contributed by atoms with van der Waals surface area (Å²) in [6, 6.07) is 0.510. The molecule has 0 aromatic carbocycles. The summed E-state index contributed by atoms with van der Waals surface area (Å²) in [6.45, 7) is 2.53. The highest BCUT2D eigenvalue weighted by atomic mass is 32.2. The molecule has 0 amide bonds. The molecule has 0 aromatic rings. The van der Waals surface area contributed by atoms with Crippen LogP contribution in [-0.4, -0.2) is 44.0 Å². The molecule has 0 heterocycles. The normalized spacial score (nSPS) is 26.0. The minimum atomic E-state index is -2.83. The molecule has 1 aliphatic carbocycles. The summed E-state index contributed by atoms with van der Waals surface area (Å²) in [6.07, 6.45) is 7.92. The molecule has 0 spiro atoms. The first-order chi connectivity index (χ1) is 8.09. The maximum absolute atomic E-state index is 11.6. The molecule has 2 atom stereocenters. The zero-order valence-electron chi connectivity index (χ0n) is 10.9. The molecular formula is C12H25NO2S2. The summed E-state index contributed by atoms with van der Waals surface area (Å²) in [7, 11) is -2.83. The van der Waals surface area contributed by atoms with Crippen LogP contribution in [-0.2, 0) is 9.84 Å². The van der Waals surface area contributed by atoms with E-state index in [-0.39, 0.29) is 0 Å². The topological polar surface area (TPSA) is 46.2 Å². The van der Waals surface area contributed by atoms with Crippen LogP contribution in [0.1, 0.15) is 39.0 Å². The number of sulfone groups is 1. The molecule has 0 aliphatic heterocycles. The number of hydrogen-bond donors (Lipinski definition) is 1. The fourth-order valence-corrected chi connectivity index (χ4v) is 4.64. The van der Waals surface area contributed by atoms with Gasteiger partial charge in [-0.3, -0.25) is 0 Å². The first-order valence-electron chi connectivity index (χ1n) is 6.55. The van der Waals surface area contributed by atoms with Crippen molar-refractivity contribution in [3.05, 3.63) is 0 Å². The van der Waals surface area contributed by atoms with Crippen molar-refractivity contribution in [3.8, 4) is 0 Å². The molecule has 102 valence electrons. The molecule has 3 nitrogen and oxygen atoms in total. The number of thioether (sulfide) groups is 1. The lowest BCUT2D eigenvalue weighted by atomic mass is 9.95. The zero-order valence-corrected chi connectivity index (χ0v) is 12.6. The molecule has 0 aromatic heterocycles. The van der Waals surface area contributed by atoms with Gasteiger partial charge in [-0.05, 0) is 25.5 Å². The molecule has 1 saturated carbocycles. The predicted octanol–water partition coefficient (Wildman–Crippen LogP) is 2.07. The van der Waals surface area contributed by atoms with Crippen molar-refractivity contribution < 1.29 is 8.42 Å². The van der Waals surface area contributed by atoms with Gasteiger partial charge in [-0.25, -0.2) is 8.42 Å². The third kappa shape index (κ3) is 5.62. The minimum absolute atomic E-state index is 0.290. The SMILES string of the molecule is CCCS(=O)(=O)CCNC1CCCCC1SC. The lowest BCUT2D eigenvalue weighted by molar-refractivity contribution is 0.391. The molecule has 2 unspecified atom stereocenters. The zero-order chi connectivity index (χ0) is 12.7. The second-order valence-corrected chi connectivity index (χ2v) is 8.15. The van der Waals surface area contributed by atoms with Gasteiger partial charge in [0, 0.05) is 23.6 Å². The maximum atomic E-state index is 11.6. The number of rotatable bonds is 7. The summed E-state index contributed by atoms with van der Waals surface area (Å²) >= 11 is 1.91. The summed E-state index contributed by atoms with van der Waals surface area (Å²) in [4.78, 5) is 0. The standard InChI is InChI=1S/C12H25NO2S2/c1-3-9-17(14,15)10-8-13-11-6-4-5-7-12(11)16-2/h11-13H,3-10H2,1-2H3. The van der Waals surface area contributed by atoms with Gasteiger partial charge in [-0.1, -0.05) is 19.8 Å². The Morgan fingerprint density at radius 3 is 2.59 bits per heavy atom. The van der Waals surface area contributed by atoms with Crippen LogP contribution in [0.3, 0.4) is 0 Å². The van der Waals surface area contributed by atoms with Gasteiger partial charge in [-0.15, -0.1) is 0 Å². The third-order valence-corrected chi connectivity index (χ3v) is 6.37. The smallest absolute Gasteiger partial charge is 0.151 e. The Hall–Kier alpha value is 0.260. The van der Waals surface area contributed by atoms with Crippen molar-refractivity contribution in [1.29, 1.82) is 0 Å². The van der Waals surface area contributed by atoms with Gasteiger partial charge >= 0.3 is 0 Å². The molecule has 1 fully saturated rings. The molecule has 0 bridgehead atoms. The first kappa shape index (κ1) is 15.3. The van der Waals surface area contributed by atoms with Crippen molar-refractivity contribution in [2.24, 2.45) is 0 Å². The molecule has 1 N–H and O–H groups in total. The lowest BCUT2D eigenvalue weighted by Gasteiger charge is -2.31. The van der Waals surface area contributed by atoms with E-state index >= 15 is 0 Å². The molecule has 0 radical (unpaired) electrons. The first-order valence-corrected chi connectivity index (χ1v) is 9.66. The van der Waals surface area contributed by atoms with Crippen LogP contribution in [0.25, 0.3) is 0 Å². The van der Waals surface area contributed by atoms with E-state index in [4.69, 9.17) is 0 Å². The van der Waals surface area contributed by atoms with Crippen molar-refractivity contribution in [2.45, 2.75) is 50.3 Å². The largest absolute Gasteiger partial charge is 0.312 e. The van der Waals surface area contributed by atoms with Gasteiger partial charge in [0.05, 0.1) is 5.75 Å². The average Bonchev–Trinajstić information content (AvgIpc) is 2.29. The Balaban J connectivity index is 2.29. The molecule has 0 saturated heterocycles. The van der Waals surface area contributed by atoms with Crippen LogP contribution >= 0.6 is 11.8 Å². The average molecular weight is 279 g/mol. The van der Waals surface area contributed by atoms with E-state index in [0.29, 0.717) is 29.3 Å². The van der Waals surface area contributed by atoms with Crippen molar-refractivity contribution in [2.75, 3.05) is 24.3 Å². The van der Waals surface area contributed by atoms with Crippen LogP contribution in [0.2, 0.25) is 0 Å². The molecule has 1 rings (SSSR count). The van der Waals surface area contributed by atoms with E-state index in [1.165, 1.54) is 25.7 Å². The van der Waals surface area contributed by atoms with E-state index in [9.17, 15) is 8.42 Å². The van der Waals surface area contributed by atoms with E-state index in [1.807, 2.05) is 18.7 Å². The van der Waals surface area contributed by atoms with E-state index in [0.717, 1.165) is 6.42 Å². The Kier molecular flexibility index (Phi) is 6.89. The highest BCUT2D eigenvalue weighted by Crippen LogP contribution is 2.26. The summed E-state index contributed by atoms with van der Waals surface area (Å²) in [5.74, 6) is 0.615. The van der Waals surface area contributed by atoms with Crippen molar-refractivity contribution in [3.63, 3.8) is 0 Å². The van der Waals surface area contributed by atoms with Gasteiger partial charge < -0.3 is 5.32 Å². The summed E-state index contributed by atoms with van der Waals surface area (Å²) < 4.78 is 23.2. The van der Waals surface area contributed by atoms with Crippen molar-refractivity contribution >= 4 is 21.6 Å². The molecule has 17 heavy (non-hydrogen) atoms. The van der Waals surface area contributed by atoms with Crippen LogP contribution in [0.15, 0.2) is 0 Å². The van der Waals surface area contributed by atoms with E-state index < -0.39 is 9.84 Å². The van der Waals surface area contributed by atoms with Gasteiger partial charge in [-0.2, -0.15) is 11.8 Å². The Morgan fingerprint density at radius 1 is 1.24 bits per heavy atom. The van der Waals surface area contributed by atoms with Gasteiger partial charge in [0.1, 0.15) is 0 Å². The summed E-state index contributed by atoms with van der Waals surface area (Å²) in [5, 5.41) is 4.10. The van der Waals surface area contributed by atoms with E-state index in [2.05, 4.69) is 11.6 Å². The monoisotopic (exact) mass is 279 g/mol. The van der Waals surface area contributed by atoms with Crippen LogP contribution in [0.4, 0.5) is 0 Å². The predicted molar refractivity (Wildman–Crippen MR) is 76.5 cm³/mol. The highest BCUT2D eigenvalue weighted by molar-refractivity contribution is 7.99. The van der Waals surface area contributed by atoms with Crippen molar-refractivity contribution in [1.82, 2.24) is 5.32 Å². The number of hydrogen-bond acceptors (Lipinski definition) is 4. The molecule has 5 heteroatoms. The lowest BCUT2D eigenvalue weighted by Crippen LogP contribution is -2.42. The highest BCUT2D eigenvalue weighted by Gasteiger charge is 2.23. The summed E-state index contributed by atoms with van der Waals surface area (Å²) in [5.41, 5.74) is 0. The second-order valence-electron chi connectivity index (χ2n) is 4.77. The quantitative estimate of drug-likeness (QED) is 0.775. The fraction of sp³-hybridized carbons (Fsp3) is 1.00. The van der Waals surface area contributed by atoms with Gasteiger partial charge in [0.25, 0.3) is 0 Å².